The summed E-state index contributed by atoms with van der Waals surface area (Å²) in [6.45, 7) is 3.90. The third-order valence-electron chi connectivity index (χ3n) is 2.68. The van der Waals surface area contributed by atoms with Gasteiger partial charge in [0, 0.05) is 24.9 Å². The van der Waals surface area contributed by atoms with Gasteiger partial charge in [-0.1, -0.05) is 18.2 Å². The van der Waals surface area contributed by atoms with E-state index in [4.69, 9.17) is 4.42 Å². The molecule has 1 amide bonds. The molecule has 0 aliphatic carbocycles. The second-order valence-electron chi connectivity index (χ2n) is 4.13. The van der Waals surface area contributed by atoms with Gasteiger partial charge in [0.15, 0.2) is 0 Å². The zero-order valence-electron chi connectivity index (χ0n) is 10.5. The molecule has 0 atom stereocenters. The largest absolute Gasteiger partial charge is 0.460 e. The van der Waals surface area contributed by atoms with Crippen molar-refractivity contribution < 1.29 is 9.21 Å². The molecule has 0 unspecified atom stereocenters. The number of para-hydroxylation sites is 1. The Hall–Kier alpha value is -1.81. The summed E-state index contributed by atoms with van der Waals surface area (Å²) in [5.74, 6) is 0.974. The van der Waals surface area contributed by atoms with Gasteiger partial charge in [0.25, 0.3) is 0 Å². The molecule has 2 N–H and O–H groups in total. The second kappa shape index (κ2) is 6.21. The van der Waals surface area contributed by atoms with Crippen LogP contribution in [-0.4, -0.2) is 19.0 Å². The molecule has 0 saturated carbocycles. The Labute approximate surface area is 106 Å². The van der Waals surface area contributed by atoms with Gasteiger partial charge in [-0.05, 0) is 19.1 Å². The Balaban J connectivity index is 1.78. The van der Waals surface area contributed by atoms with Gasteiger partial charge in [0.1, 0.15) is 11.3 Å². The van der Waals surface area contributed by atoms with Gasteiger partial charge in [-0.25, -0.2) is 0 Å². The number of amides is 1. The zero-order valence-corrected chi connectivity index (χ0v) is 10.5. The molecule has 4 heteroatoms. The van der Waals surface area contributed by atoms with Crippen molar-refractivity contribution in [2.75, 3.05) is 13.1 Å². The summed E-state index contributed by atoms with van der Waals surface area (Å²) in [7, 11) is 0. The lowest BCUT2D eigenvalue weighted by atomic mass is 10.2. The van der Waals surface area contributed by atoms with E-state index < -0.39 is 0 Å². The van der Waals surface area contributed by atoms with E-state index in [1.165, 1.54) is 0 Å². The van der Waals surface area contributed by atoms with E-state index in [0.29, 0.717) is 26.1 Å². The SMILES string of the molecule is CCNC(=O)CCNCc1cc2ccccc2o1. The van der Waals surface area contributed by atoms with Crippen LogP contribution in [0.4, 0.5) is 0 Å². The molecule has 0 spiro atoms. The maximum Gasteiger partial charge on any atom is 0.221 e. The van der Waals surface area contributed by atoms with E-state index in [2.05, 4.69) is 10.6 Å². The van der Waals surface area contributed by atoms with E-state index >= 15 is 0 Å². The number of furan rings is 1. The van der Waals surface area contributed by atoms with Gasteiger partial charge in [-0.2, -0.15) is 0 Å². The molecule has 4 nitrogen and oxygen atoms in total. The molecular weight excluding hydrogens is 228 g/mol. The molecular formula is C14H18N2O2. The van der Waals surface area contributed by atoms with Crippen LogP contribution >= 0.6 is 0 Å². The smallest absolute Gasteiger partial charge is 0.221 e. The van der Waals surface area contributed by atoms with Crippen LogP contribution in [0.1, 0.15) is 19.1 Å². The number of benzene rings is 1. The number of fused-ring (bicyclic) bond motifs is 1. The van der Waals surface area contributed by atoms with Crippen LogP contribution in [0, 0.1) is 0 Å². The highest BCUT2D eigenvalue weighted by molar-refractivity contribution is 5.77. The van der Waals surface area contributed by atoms with Crippen molar-refractivity contribution >= 4 is 16.9 Å². The van der Waals surface area contributed by atoms with Gasteiger partial charge in [-0.3, -0.25) is 4.79 Å². The summed E-state index contributed by atoms with van der Waals surface area (Å²) >= 11 is 0. The Morgan fingerprint density at radius 2 is 2.17 bits per heavy atom. The molecule has 1 aromatic carbocycles. The molecule has 0 aliphatic rings. The van der Waals surface area contributed by atoms with Crippen molar-refractivity contribution in [2.45, 2.75) is 19.9 Å². The van der Waals surface area contributed by atoms with Crippen molar-refractivity contribution in [1.82, 2.24) is 10.6 Å². The first kappa shape index (κ1) is 12.6. The van der Waals surface area contributed by atoms with E-state index in [1.54, 1.807) is 0 Å². The first-order valence-electron chi connectivity index (χ1n) is 6.24. The number of carbonyl (C=O) groups excluding carboxylic acids is 1. The minimum Gasteiger partial charge on any atom is -0.460 e. The summed E-state index contributed by atoms with van der Waals surface area (Å²) in [4.78, 5) is 11.2. The minimum absolute atomic E-state index is 0.0783. The Morgan fingerprint density at radius 3 is 2.94 bits per heavy atom. The molecule has 2 rings (SSSR count). The second-order valence-corrected chi connectivity index (χ2v) is 4.13. The third kappa shape index (κ3) is 3.34. The predicted molar refractivity (Wildman–Crippen MR) is 71.2 cm³/mol. The average Bonchev–Trinajstić information content (AvgIpc) is 2.77. The summed E-state index contributed by atoms with van der Waals surface area (Å²) in [5.41, 5.74) is 0.901. The van der Waals surface area contributed by atoms with E-state index in [9.17, 15) is 4.79 Å². The molecule has 0 bridgehead atoms. The lowest BCUT2D eigenvalue weighted by Crippen LogP contribution is -2.27. The van der Waals surface area contributed by atoms with Gasteiger partial charge >= 0.3 is 0 Å². The van der Waals surface area contributed by atoms with Crippen LogP contribution < -0.4 is 10.6 Å². The molecule has 1 aromatic heterocycles. The fraction of sp³-hybridized carbons (Fsp3) is 0.357. The summed E-state index contributed by atoms with van der Waals surface area (Å²) < 4.78 is 5.66. The quantitative estimate of drug-likeness (QED) is 0.767. The molecule has 1 heterocycles. The van der Waals surface area contributed by atoms with E-state index in [0.717, 1.165) is 16.7 Å². The molecule has 0 aliphatic heterocycles. The molecule has 0 saturated heterocycles. The maximum atomic E-state index is 11.2. The van der Waals surface area contributed by atoms with Crippen molar-refractivity contribution in [1.29, 1.82) is 0 Å². The third-order valence-corrected chi connectivity index (χ3v) is 2.68. The van der Waals surface area contributed by atoms with Crippen molar-refractivity contribution in [3.8, 4) is 0 Å². The number of hydrogen-bond acceptors (Lipinski definition) is 3. The van der Waals surface area contributed by atoms with Crippen molar-refractivity contribution in [3.63, 3.8) is 0 Å². The average molecular weight is 246 g/mol. The predicted octanol–water partition coefficient (Wildman–Crippen LogP) is 2.05. The lowest BCUT2D eigenvalue weighted by Gasteiger charge is -2.02. The monoisotopic (exact) mass is 246 g/mol. The Kier molecular flexibility index (Phi) is 4.36. The van der Waals surface area contributed by atoms with Crippen molar-refractivity contribution in [2.24, 2.45) is 0 Å². The lowest BCUT2D eigenvalue weighted by molar-refractivity contribution is -0.120. The first-order valence-corrected chi connectivity index (χ1v) is 6.24. The highest BCUT2D eigenvalue weighted by Gasteiger charge is 2.03. The normalized spacial score (nSPS) is 10.7. The van der Waals surface area contributed by atoms with Crippen LogP contribution in [0.2, 0.25) is 0 Å². The van der Waals surface area contributed by atoms with Gasteiger partial charge in [0.05, 0.1) is 6.54 Å². The molecule has 0 radical (unpaired) electrons. The first-order chi connectivity index (χ1) is 8.79. The fourth-order valence-corrected chi connectivity index (χ4v) is 1.82. The van der Waals surface area contributed by atoms with E-state index in [-0.39, 0.29) is 5.91 Å². The maximum absolute atomic E-state index is 11.2. The Morgan fingerprint density at radius 1 is 1.33 bits per heavy atom. The summed E-state index contributed by atoms with van der Waals surface area (Å²) in [5, 5.41) is 7.07. The van der Waals surface area contributed by atoms with Gasteiger partial charge < -0.3 is 15.1 Å². The van der Waals surface area contributed by atoms with Crippen LogP contribution in [0.3, 0.4) is 0 Å². The molecule has 96 valence electrons. The van der Waals surface area contributed by atoms with Crippen LogP contribution in [0.25, 0.3) is 11.0 Å². The topological polar surface area (TPSA) is 54.3 Å². The zero-order chi connectivity index (χ0) is 12.8. The highest BCUT2D eigenvalue weighted by Crippen LogP contribution is 2.18. The summed E-state index contributed by atoms with van der Waals surface area (Å²) in [6, 6.07) is 9.95. The van der Waals surface area contributed by atoms with Crippen LogP contribution in [0.15, 0.2) is 34.7 Å². The fourth-order valence-electron chi connectivity index (χ4n) is 1.82. The number of nitrogens with one attached hydrogen (secondary N) is 2. The molecule has 2 aromatic rings. The Bertz CT molecular complexity index is 486. The van der Waals surface area contributed by atoms with Gasteiger partial charge in [-0.15, -0.1) is 0 Å². The molecule has 18 heavy (non-hydrogen) atoms. The number of carbonyl (C=O) groups is 1. The standard InChI is InChI=1S/C14H18N2O2/c1-2-16-14(17)7-8-15-10-12-9-11-5-3-4-6-13(11)18-12/h3-6,9,15H,2,7-8,10H2,1H3,(H,16,17). The van der Waals surface area contributed by atoms with Crippen molar-refractivity contribution in [3.05, 3.63) is 36.1 Å². The highest BCUT2D eigenvalue weighted by atomic mass is 16.3. The summed E-state index contributed by atoms with van der Waals surface area (Å²) in [6.07, 6.45) is 0.494. The minimum atomic E-state index is 0.0783. The van der Waals surface area contributed by atoms with Gasteiger partial charge in [0.2, 0.25) is 5.91 Å². The number of hydrogen-bond donors (Lipinski definition) is 2. The van der Waals surface area contributed by atoms with E-state index in [1.807, 2.05) is 37.3 Å². The van der Waals surface area contributed by atoms with Crippen LogP contribution in [-0.2, 0) is 11.3 Å². The number of rotatable bonds is 6. The van der Waals surface area contributed by atoms with Crippen LogP contribution in [0.5, 0.6) is 0 Å². The molecule has 0 fully saturated rings.